The van der Waals surface area contributed by atoms with Crippen LogP contribution in [0.2, 0.25) is 0 Å². The summed E-state index contributed by atoms with van der Waals surface area (Å²) in [6, 6.07) is 7.54. The average Bonchev–Trinajstić information content (AvgIpc) is 2.46. The Labute approximate surface area is 123 Å². The second-order valence-corrected chi connectivity index (χ2v) is 5.14. The highest BCUT2D eigenvalue weighted by Crippen LogP contribution is 2.27. The third-order valence-corrected chi connectivity index (χ3v) is 3.74. The number of ether oxygens (including phenoxy) is 1. The number of benzene rings is 1. The second-order valence-electron chi connectivity index (χ2n) is 5.14. The highest BCUT2D eigenvalue weighted by atomic mass is 16.5. The van der Waals surface area contributed by atoms with Crippen molar-refractivity contribution in [2.24, 2.45) is 5.92 Å². The van der Waals surface area contributed by atoms with Gasteiger partial charge in [0.2, 0.25) is 5.91 Å². The van der Waals surface area contributed by atoms with Gasteiger partial charge in [0.1, 0.15) is 5.75 Å². The van der Waals surface area contributed by atoms with E-state index >= 15 is 0 Å². The lowest BCUT2D eigenvalue weighted by Crippen LogP contribution is -2.28. The number of hydrogen-bond donors (Lipinski definition) is 1. The molecule has 108 valence electrons. The first kappa shape index (κ1) is 13.5. The Balaban J connectivity index is 1.69. The maximum Gasteiger partial charge on any atom is 0.227 e. The maximum atomic E-state index is 11.8. The van der Waals surface area contributed by atoms with Crippen molar-refractivity contribution in [2.45, 2.75) is 19.3 Å². The normalized spacial score (nSPS) is 14.3. The Hall–Kier alpha value is -2.43. The molecular formula is C16H17N3O2. The van der Waals surface area contributed by atoms with Gasteiger partial charge >= 0.3 is 0 Å². The third kappa shape index (κ3) is 3.02. The Morgan fingerprint density at radius 1 is 1.19 bits per heavy atom. The summed E-state index contributed by atoms with van der Waals surface area (Å²) >= 11 is 0. The molecule has 0 aliphatic heterocycles. The van der Waals surface area contributed by atoms with Gasteiger partial charge in [-0.1, -0.05) is 6.42 Å². The topological polar surface area (TPSA) is 64.1 Å². The lowest BCUT2D eigenvalue weighted by Gasteiger charge is -2.23. The van der Waals surface area contributed by atoms with Crippen molar-refractivity contribution in [1.29, 1.82) is 0 Å². The maximum absolute atomic E-state index is 11.8. The first-order valence-electron chi connectivity index (χ1n) is 7.03. The first-order chi connectivity index (χ1) is 10.3. The zero-order valence-corrected chi connectivity index (χ0v) is 11.9. The van der Waals surface area contributed by atoms with Crippen LogP contribution in [0.15, 0.2) is 36.7 Å². The van der Waals surface area contributed by atoms with Gasteiger partial charge in [-0.15, -0.1) is 0 Å². The molecular weight excluding hydrogens is 266 g/mol. The minimum Gasteiger partial charge on any atom is -0.497 e. The number of nitrogens with one attached hydrogen (secondary N) is 1. The number of amides is 1. The number of nitrogens with zero attached hydrogens (tertiary/aromatic N) is 2. The van der Waals surface area contributed by atoms with E-state index in [4.69, 9.17) is 4.74 Å². The van der Waals surface area contributed by atoms with Crippen molar-refractivity contribution >= 4 is 11.6 Å². The van der Waals surface area contributed by atoms with E-state index in [-0.39, 0.29) is 11.8 Å². The molecule has 1 saturated carbocycles. The van der Waals surface area contributed by atoms with Gasteiger partial charge in [0, 0.05) is 11.5 Å². The van der Waals surface area contributed by atoms with Crippen molar-refractivity contribution in [3.63, 3.8) is 0 Å². The molecule has 0 radical (unpaired) electrons. The van der Waals surface area contributed by atoms with Gasteiger partial charge in [-0.3, -0.25) is 4.79 Å². The summed E-state index contributed by atoms with van der Waals surface area (Å²) in [5.41, 5.74) is 1.55. The van der Waals surface area contributed by atoms with E-state index in [1.54, 1.807) is 19.5 Å². The summed E-state index contributed by atoms with van der Waals surface area (Å²) in [6.45, 7) is 0. The first-order valence-corrected chi connectivity index (χ1v) is 7.03. The van der Waals surface area contributed by atoms with Crippen LogP contribution >= 0.6 is 0 Å². The van der Waals surface area contributed by atoms with Crippen LogP contribution in [-0.4, -0.2) is 23.0 Å². The molecule has 5 nitrogen and oxygen atoms in total. The summed E-state index contributed by atoms with van der Waals surface area (Å²) < 4.78 is 5.12. The average molecular weight is 283 g/mol. The zero-order chi connectivity index (χ0) is 14.7. The summed E-state index contributed by atoms with van der Waals surface area (Å²) in [6.07, 6.45) is 6.39. The highest BCUT2D eigenvalue weighted by Gasteiger charge is 2.25. The van der Waals surface area contributed by atoms with E-state index in [2.05, 4.69) is 15.3 Å². The Morgan fingerprint density at radius 2 is 1.86 bits per heavy atom. The fraction of sp³-hybridized carbons (Fsp3) is 0.312. The smallest absolute Gasteiger partial charge is 0.227 e. The Morgan fingerprint density at radius 3 is 2.38 bits per heavy atom. The summed E-state index contributed by atoms with van der Waals surface area (Å²) in [4.78, 5) is 20.4. The van der Waals surface area contributed by atoms with E-state index < -0.39 is 0 Å². The molecule has 0 saturated heterocycles. The van der Waals surface area contributed by atoms with Crippen molar-refractivity contribution in [3.8, 4) is 17.1 Å². The second kappa shape index (κ2) is 5.91. The van der Waals surface area contributed by atoms with Crippen LogP contribution in [-0.2, 0) is 4.79 Å². The van der Waals surface area contributed by atoms with E-state index in [0.717, 1.165) is 30.6 Å². The van der Waals surface area contributed by atoms with Crippen LogP contribution in [0.3, 0.4) is 0 Å². The summed E-state index contributed by atoms with van der Waals surface area (Å²) in [5, 5.41) is 2.86. The molecule has 1 aromatic heterocycles. The molecule has 1 heterocycles. The molecule has 2 aromatic rings. The van der Waals surface area contributed by atoms with E-state index in [1.165, 1.54) is 0 Å². The fourth-order valence-corrected chi connectivity index (χ4v) is 2.20. The highest BCUT2D eigenvalue weighted by molar-refractivity contribution is 5.92. The fourth-order valence-electron chi connectivity index (χ4n) is 2.20. The molecule has 0 unspecified atom stereocenters. The summed E-state index contributed by atoms with van der Waals surface area (Å²) in [5.74, 6) is 1.65. The van der Waals surface area contributed by atoms with Crippen LogP contribution in [0.5, 0.6) is 5.75 Å². The minimum absolute atomic E-state index is 0.0713. The summed E-state index contributed by atoms with van der Waals surface area (Å²) in [7, 11) is 1.63. The van der Waals surface area contributed by atoms with E-state index in [9.17, 15) is 4.79 Å². The van der Waals surface area contributed by atoms with Crippen LogP contribution < -0.4 is 10.1 Å². The number of rotatable bonds is 4. The SMILES string of the molecule is COc1ccc(-c2ncc(NC(=O)C3CCC3)cn2)cc1. The number of aromatic nitrogens is 2. The quantitative estimate of drug-likeness (QED) is 0.937. The third-order valence-electron chi connectivity index (χ3n) is 3.74. The van der Waals surface area contributed by atoms with Crippen molar-refractivity contribution in [1.82, 2.24) is 9.97 Å². The molecule has 0 spiro atoms. The van der Waals surface area contributed by atoms with Crippen LogP contribution in [0.25, 0.3) is 11.4 Å². The van der Waals surface area contributed by atoms with Gasteiger partial charge < -0.3 is 10.1 Å². The molecule has 21 heavy (non-hydrogen) atoms. The predicted molar refractivity (Wildman–Crippen MR) is 80.0 cm³/mol. The molecule has 1 aromatic carbocycles. The van der Waals surface area contributed by atoms with Crippen LogP contribution in [0, 0.1) is 5.92 Å². The van der Waals surface area contributed by atoms with Gasteiger partial charge in [0.05, 0.1) is 25.2 Å². The number of carbonyl (C=O) groups is 1. The molecule has 5 heteroatoms. The van der Waals surface area contributed by atoms with Crippen molar-refractivity contribution in [3.05, 3.63) is 36.7 Å². The molecule has 1 N–H and O–H groups in total. The van der Waals surface area contributed by atoms with Crippen molar-refractivity contribution in [2.75, 3.05) is 12.4 Å². The molecule has 0 bridgehead atoms. The molecule has 1 aliphatic carbocycles. The lowest BCUT2D eigenvalue weighted by molar-refractivity contribution is -0.122. The van der Waals surface area contributed by atoms with Gasteiger partial charge in [-0.2, -0.15) is 0 Å². The number of methoxy groups -OCH3 is 1. The largest absolute Gasteiger partial charge is 0.497 e. The van der Waals surface area contributed by atoms with Gasteiger partial charge in [0.25, 0.3) is 0 Å². The monoisotopic (exact) mass is 283 g/mol. The predicted octanol–water partition coefficient (Wildman–Crippen LogP) is 2.89. The number of carbonyl (C=O) groups excluding carboxylic acids is 1. The van der Waals surface area contributed by atoms with Gasteiger partial charge in [-0.25, -0.2) is 9.97 Å². The molecule has 0 atom stereocenters. The molecule has 1 fully saturated rings. The number of anilines is 1. The van der Waals surface area contributed by atoms with Crippen LogP contribution in [0.1, 0.15) is 19.3 Å². The standard InChI is InChI=1S/C16H17N3O2/c1-21-14-7-5-11(6-8-14)15-17-9-13(10-18-15)19-16(20)12-3-2-4-12/h5-10,12H,2-4H2,1H3,(H,19,20). The van der Waals surface area contributed by atoms with Gasteiger partial charge in [0.15, 0.2) is 5.82 Å². The minimum atomic E-state index is 0.0713. The lowest BCUT2D eigenvalue weighted by atomic mass is 9.85. The zero-order valence-electron chi connectivity index (χ0n) is 11.9. The molecule has 1 aliphatic rings. The Kier molecular flexibility index (Phi) is 3.81. The van der Waals surface area contributed by atoms with Crippen molar-refractivity contribution < 1.29 is 9.53 Å². The van der Waals surface area contributed by atoms with E-state index in [0.29, 0.717) is 11.5 Å². The number of hydrogen-bond acceptors (Lipinski definition) is 4. The molecule has 3 rings (SSSR count). The van der Waals surface area contributed by atoms with Crippen LogP contribution in [0.4, 0.5) is 5.69 Å². The molecule has 1 amide bonds. The Bertz CT molecular complexity index is 619. The van der Waals surface area contributed by atoms with Gasteiger partial charge in [-0.05, 0) is 37.1 Å². The van der Waals surface area contributed by atoms with E-state index in [1.807, 2.05) is 24.3 Å².